The number of nitrogens with zero attached hydrogens (tertiary/aromatic N) is 4. The van der Waals surface area contributed by atoms with E-state index < -0.39 is 0 Å². The summed E-state index contributed by atoms with van der Waals surface area (Å²) in [5.74, 6) is 0.655. The number of benzene rings is 1. The summed E-state index contributed by atoms with van der Waals surface area (Å²) in [6, 6.07) is 10.4. The van der Waals surface area contributed by atoms with Crippen molar-refractivity contribution in [3.8, 4) is 0 Å². The van der Waals surface area contributed by atoms with Crippen molar-refractivity contribution in [2.24, 2.45) is 0 Å². The van der Waals surface area contributed by atoms with Crippen LogP contribution in [0.3, 0.4) is 0 Å². The quantitative estimate of drug-likeness (QED) is 0.654. The number of rotatable bonds is 3. The molecule has 0 bridgehead atoms. The summed E-state index contributed by atoms with van der Waals surface area (Å²) in [6.45, 7) is 9.78. The maximum absolute atomic E-state index is 8.55. The van der Waals surface area contributed by atoms with Crippen LogP contribution in [0.2, 0.25) is 0 Å². The Morgan fingerprint density at radius 2 is 1.96 bits per heavy atom. The first-order valence-corrected chi connectivity index (χ1v) is 9.59. The van der Waals surface area contributed by atoms with Gasteiger partial charge in [-0.05, 0) is 31.5 Å². The lowest BCUT2D eigenvalue weighted by molar-refractivity contribution is 0.173. The number of nitrogens with one attached hydrogen (secondary N) is 2. The summed E-state index contributed by atoms with van der Waals surface area (Å²) in [4.78, 5) is 4.66. The van der Waals surface area contributed by atoms with Gasteiger partial charge in [0.1, 0.15) is 5.84 Å². The molecule has 3 heterocycles. The summed E-state index contributed by atoms with van der Waals surface area (Å²) in [6.07, 6.45) is 1.15. The van der Waals surface area contributed by atoms with E-state index >= 15 is 0 Å². The largest absolute Gasteiger partial charge is 0.354 e. The van der Waals surface area contributed by atoms with Gasteiger partial charge in [0, 0.05) is 51.4 Å². The number of amidine groups is 1. The fourth-order valence-corrected chi connectivity index (χ4v) is 3.87. The zero-order valence-corrected chi connectivity index (χ0v) is 15.5. The van der Waals surface area contributed by atoms with Crippen LogP contribution in [-0.2, 0) is 19.6 Å². The van der Waals surface area contributed by atoms with E-state index in [4.69, 9.17) is 10.5 Å². The van der Waals surface area contributed by atoms with E-state index in [1.807, 2.05) is 12.1 Å². The standard InChI is InChI=1S/C20H28N6/c1-16-5-2-3-6-19(16)20(21)25-11-9-24(10-12-25)15-17-13-18-14-22-7-4-8-26(18)23-17/h2-3,5-6,13,21-22H,4,7-12,14-15H2,1H3. The zero-order chi connectivity index (χ0) is 17.9. The van der Waals surface area contributed by atoms with Gasteiger partial charge in [-0.1, -0.05) is 24.3 Å². The third-order valence-corrected chi connectivity index (χ3v) is 5.42. The zero-order valence-electron chi connectivity index (χ0n) is 15.5. The second-order valence-corrected chi connectivity index (χ2v) is 7.31. The van der Waals surface area contributed by atoms with E-state index in [0.29, 0.717) is 5.84 Å². The lowest BCUT2D eigenvalue weighted by Gasteiger charge is -2.36. The van der Waals surface area contributed by atoms with E-state index in [0.717, 1.165) is 64.3 Å². The summed E-state index contributed by atoms with van der Waals surface area (Å²) in [5.41, 5.74) is 4.70. The van der Waals surface area contributed by atoms with Crippen LogP contribution in [-0.4, -0.2) is 58.1 Å². The van der Waals surface area contributed by atoms with E-state index in [2.05, 4.69) is 44.9 Å². The molecule has 6 nitrogen and oxygen atoms in total. The van der Waals surface area contributed by atoms with Crippen LogP contribution in [0, 0.1) is 12.3 Å². The normalized spacial score (nSPS) is 18.4. The molecule has 1 fully saturated rings. The van der Waals surface area contributed by atoms with Crippen LogP contribution in [0.15, 0.2) is 30.3 Å². The maximum atomic E-state index is 8.55. The number of aryl methyl sites for hydroxylation is 2. The Morgan fingerprint density at radius 3 is 2.77 bits per heavy atom. The lowest BCUT2D eigenvalue weighted by atomic mass is 10.1. The fraction of sp³-hybridized carbons (Fsp3) is 0.500. The number of aromatic nitrogens is 2. The van der Waals surface area contributed by atoms with Gasteiger partial charge in [0.05, 0.1) is 11.4 Å². The molecule has 1 aromatic carbocycles. The van der Waals surface area contributed by atoms with Gasteiger partial charge in [-0.15, -0.1) is 0 Å². The highest BCUT2D eigenvalue weighted by Gasteiger charge is 2.22. The third-order valence-electron chi connectivity index (χ3n) is 5.42. The van der Waals surface area contributed by atoms with E-state index in [1.54, 1.807) is 0 Å². The van der Waals surface area contributed by atoms with Gasteiger partial charge in [0.15, 0.2) is 0 Å². The molecule has 2 aromatic rings. The van der Waals surface area contributed by atoms with Crippen LogP contribution in [0.4, 0.5) is 0 Å². The topological polar surface area (TPSA) is 60.2 Å². The van der Waals surface area contributed by atoms with Crippen LogP contribution >= 0.6 is 0 Å². The Bertz CT molecular complexity index is 749. The van der Waals surface area contributed by atoms with Gasteiger partial charge in [-0.2, -0.15) is 5.10 Å². The third kappa shape index (κ3) is 3.66. The Balaban J connectivity index is 1.34. The molecular formula is C20H28N6. The molecule has 1 saturated heterocycles. The van der Waals surface area contributed by atoms with Crippen molar-refractivity contribution >= 4 is 5.84 Å². The second kappa shape index (κ2) is 7.60. The van der Waals surface area contributed by atoms with E-state index in [9.17, 15) is 0 Å². The first-order valence-electron chi connectivity index (χ1n) is 9.59. The number of hydrogen-bond donors (Lipinski definition) is 2. The molecular weight excluding hydrogens is 324 g/mol. The molecule has 2 aliphatic heterocycles. The molecule has 138 valence electrons. The number of piperazine rings is 1. The minimum absolute atomic E-state index is 0.655. The highest BCUT2D eigenvalue weighted by Crippen LogP contribution is 2.15. The molecule has 0 atom stereocenters. The molecule has 0 aliphatic carbocycles. The van der Waals surface area contributed by atoms with E-state index in [1.165, 1.54) is 17.0 Å². The Morgan fingerprint density at radius 1 is 1.15 bits per heavy atom. The predicted molar refractivity (Wildman–Crippen MR) is 103 cm³/mol. The predicted octanol–water partition coefficient (Wildman–Crippen LogP) is 1.83. The average molecular weight is 352 g/mol. The SMILES string of the molecule is Cc1ccccc1C(=N)N1CCN(Cc2cc3n(n2)CCCNC3)CC1. The Hall–Kier alpha value is -2.18. The Labute approximate surface area is 155 Å². The molecule has 26 heavy (non-hydrogen) atoms. The number of fused-ring (bicyclic) bond motifs is 1. The Kier molecular flexibility index (Phi) is 5.04. The van der Waals surface area contributed by atoms with Crippen LogP contribution in [0.1, 0.15) is 28.9 Å². The molecule has 2 aliphatic rings. The van der Waals surface area contributed by atoms with Crippen molar-refractivity contribution in [3.05, 3.63) is 52.8 Å². The maximum Gasteiger partial charge on any atom is 0.128 e. The smallest absolute Gasteiger partial charge is 0.128 e. The van der Waals surface area contributed by atoms with Crippen molar-refractivity contribution in [3.63, 3.8) is 0 Å². The van der Waals surface area contributed by atoms with Crippen molar-refractivity contribution in [1.29, 1.82) is 5.41 Å². The average Bonchev–Trinajstić information content (AvgIpc) is 2.90. The second-order valence-electron chi connectivity index (χ2n) is 7.31. The summed E-state index contributed by atoms with van der Waals surface area (Å²) >= 11 is 0. The molecule has 0 spiro atoms. The molecule has 1 aromatic heterocycles. The summed E-state index contributed by atoms with van der Waals surface area (Å²) in [5, 5.41) is 16.8. The molecule has 0 unspecified atom stereocenters. The van der Waals surface area contributed by atoms with Crippen LogP contribution in [0.5, 0.6) is 0 Å². The summed E-state index contributed by atoms with van der Waals surface area (Å²) < 4.78 is 2.17. The van der Waals surface area contributed by atoms with Crippen molar-refractivity contribution in [2.75, 3.05) is 32.7 Å². The first kappa shape index (κ1) is 17.2. The summed E-state index contributed by atoms with van der Waals surface area (Å²) in [7, 11) is 0. The van der Waals surface area contributed by atoms with Gasteiger partial charge in [-0.3, -0.25) is 15.0 Å². The molecule has 0 radical (unpaired) electrons. The van der Waals surface area contributed by atoms with E-state index in [-0.39, 0.29) is 0 Å². The lowest BCUT2D eigenvalue weighted by Crippen LogP contribution is -2.48. The highest BCUT2D eigenvalue weighted by molar-refractivity contribution is 5.97. The van der Waals surface area contributed by atoms with Gasteiger partial charge >= 0.3 is 0 Å². The fourth-order valence-electron chi connectivity index (χ4n) is 3.87. The molecule has 0 saturated carbocycles. The molecule has 0 amide bonds. The van der Waals surface area contributed by atoms with Gasteiger partial charge < -0.3 is 10.2 Å². The van der Waals surface area contributed by atoms with Crippen LogP contribution < -0.4 is 5.32 Å². The van der Waals surface area contributed by atoms with Gasteiger partial charge in [-0.25, -0.2) is 0 Å². The van der Waals surface area contributed by atoms with Gasteiger partial charge in [0.25, 0.3) is 0 Å². The monoisotopic (exact) mass is 352 g/mol. The van der Waals surface area contributed by atoms with Crippen molar-refractivity contribution in [1.82, 2.24) is 24.9 Å². The van der Waals surface area contributed by atoms with Crippen molar-refractivity contribution in [2.45, 2.75) is 33.0 Å². The number of hydrogen-bond acceptors (Lipinski definition) is 4. The molecule has 4 rings (SSSR count). The van der Waals surface area contributed by atoms with Gasteiger partial charge in [0.2, 0.25) is 0 Å². The first-order chi connectivity index (χ1) is 12.7. The van der Waals surface area contributed by atoms with Crippen molar-refractivity contribution < 1.29 is 0 Å². The minimum Gasteiger partial charge on any atom is -0.354 e. The highest BCUT2D eigenvalue weighted by atomic mass is 15.3. The molecule has 6 heteroatoms. The van der Waals surface area contributed by atoms with Crippen LogP contribution in [0.25, 0.3) is 0 Å². The minimum atomic E-state index is 0.655. The molecule has 2 N–H and O–H groups in total.